The SMILES string of the molecule is CC1CN(CC(F)(F)F)CCN(C(=O)Cn2ncn(C)c2=O)C1. The third-order valence-corrected chi connectivity index (χ3v) is 3.72. The van der Waals surface area contributed by atoms with Crippen LogP contribution in [0.4, 0.5) is 13.2 Å². The number of amides is 1. The third-order valence-electron chi connectivity index (χ3n) is 3.72. The number of hydrogen-bond donors (Lipinski definition) is 0. The maximum Gasteiger partial charge on any atom is 0.401 e. The molecule has 0 saturated carbocycles. The normalized spacial score (nSPS) is 20.6. The van der Waals surface area contributed by atoms with Gasteiger partial charge in [0.25, 0.3) is 0 Å². The molecule has 0 radical (unpaired) electrons. The highest BCUT2D eigenvalue weighted by molar-refractivity contribution is 5.75. The molecule has 1 amide bonds. The van der Waals surface area contributed by atoms with Crippen LogP contribution in [0.2, 0.25) is 0 Å². The second-order valence-electron chi connectivity index (χ2n) is 5.98. The largest absolute Gasteiger partial charge is 0.401 e. The Kier molecular flexibility index (Phi) is 5.12. The zero-order chi connectivity index (χ0) is 17.2. The van der Waals surface area contributed by atoms with E-state index in [2.05, 4.69) is 5.10 Å². The van der Waals surface area contributed by atoms with Gasteiger partial charge in [-0.15, -0.1) is 0 Å². The van der Waals surface area contributed by atoms with Crippen molar-refractivity contribution >= 4 is 5.91 Å². The van der Waals surface area contributed by atoms with Crippen molar-refractivity contribution in [2.75, 3.05) is 32.7 Å². The Morgan fingerprint density at radius 3 is 2.61 bits per heavy atom. The van der Waals surface area contributed by atoms with Crippen LogP contribution in [0.1, 0.15) is 6.92 Å². The molecule has 0 N–H and O–H groups in total. The van der Waals surface area contributed by atoms with Crippen molar-refractivity contribution in [2.24, 2.45) is 13.0 Å². The maximum atomic E-state index is 12.5. The van der Waals surface area contributed by atoms with Crippen molar-refractivity contribution in [3.05, 3.63) is 16.8 Å². The molecule has 1 fully saturated rings. The lowest BCUT2D eigenvalue weighted by molar-refractivity contribution is -0.146. The molecule has 1 saturated heterocycles. The number of halogens is 3. The van der Waals surface area contributed by atoms with Gasteiger partial charge in [-0.2, -0.15) is 18.3 Å². The summed E-state index contributed by atoms with van der Waals surface area (Å²) in [5.74, 6) is -0.393. The molecule has 0 aromatic carbocycles. The van der Waals surface area contributed by atoms with Gasteiger partial charge in [0.2, 0.25) is 5.91 Å². The monoisotopic (exact) mass is 335 g/mol. The first kappa shape index (κ1) is 17.5. The molecule has 0 bridgehead atoms. The summed E-state index contributed by atoms with van der Waals surface area (Å²) < 4.78 is 39.9. The van der Waals surface area contributed by atoms with Gasteiger partial charge in [-0.3, -0.25) is 14.3 Å². The van der Waals surface area contributed by atoms with E-state index in [0.717, 1.165) is 4.68 Å². The Morgan fingerprint density at radius 2 is 2.04 bits per heavy atom. The molecule has 1 aliphatic heterocycles. The standard InChI is InChI=1S/C13H20F3N5O2/c1-10-5-19(8-13(14,15)16)3-4-20(6-10)11(22)7-21-12(23)18(2)9-17-21/h9-10H,3-8H2,1-2H3. The second kappa shape index (κ2) is 6.73. The Balaban J connectivity index is 1.99. The van der Waals surface area contributed by atoms with E-state index in [0.29, 0.717) is 6.54 Å². The van der Waals surface area contributed by atoms with E-state index in [-0.39, 0.29) is 38.0 Å². The Bertz CT molecular complexity index is 609. The zero-order valence-electron chi connectivity index (χ0n) is 13.1. The highest BCUT2D eigenvalue weighted by atomic mass is 19.4. The van der Waals surface area contributed by atoms with Gasteiger partial charge in [0.15, 0.2) is 0 Å². The number of rotatable bonds is 3. The average molecular weight is 335 g/mol. The fraction of sp³-hybridized carbons (Fsp3) is 0.769. The molecule has 2 rings (SSSR count). The van der Waals surface area contributed by atoms with Crippen molar-refractivity contribution in [2.45, 2.75) is 19.6 Å². The fourth-order valence-electron chi connectivity index (χ4n) is 2.70. The first-order chi connectivity index (χ1) is 10.7. The number of aromatic nitrogens is 3. The first-order valence-corrected chi connectivity index (χ1v) is 7.31. The van der Waals surface area contributed by atoms with Crippen LogP contribution in [0, 0.1) is 5.92 Å². The smallest absolute Gasteiger partial charge is 0.339 e. The van der Waals surface area contributed by atoms with Gasteiger partial charge in [-0.05, 0) is 5.92 Å². The summed E-state index contributed by atoms with van der Waals surface area (Å²) in [7, 11) is 1.53. The summed E-state index contributed by atoms with van der Waals surface area (Å²) in [5, 5.41) is 3.82. The Hall–Kier alpha value is -1.84. The third kappa shape index (κ3) is 4.81. The van der Waals surface area contributed by atoms with Crippen LogP contribution in [0.25, 0.3) is 0 Å². The molecule has 0 aliphatic carbocycles. The number of nitrogens with zero attached hydrogens (tertiary/aromatic N) is 5. The molecular weight excluding hydrogens is 315 g/mol. The van der Waals surface area contributed by atoms with Gasteiger partial charge in [-0.25, -0.2) is 9.48 Å². The predicted molar refractivity (Wildman–Crippen MR) is 75.7 cm³/mol. The minimum atomic E-state index is -4.25. The molecule has 1 aromatic heterocycles. The van der Waals surface area contributed by atoms with Crippen LogP contribution >= 0.6 is 0 Å². The van der Waals surface area contributed by atoms with Crippen LogP contribution in [0.5, 0.6) is 0 Å². The van der Waals surface area contributed by atoms with Crippen molar-refractivity contribution in [1.82, 2.24) is 24.1 Å². The topological polar surface area (TPSA) is 63.4 Å². The zero-order valence-corrected chi connectivity index (χ0v) is 13.1. The highest BCUT2D eigenvalue weighted by Gasteiger charge is 2.33. The number of carbonyl (C=O) groups excluding carboxylic acids is 1. The molecule has 1 atom stereocenters. The molecule has 1 unspecified atom stereocenters. The van der Waals surface area contributed by atoms with Crippen molar-refractivity contribution in [1.29, 1.82) is 0 Å². The van der Waals surface area contributed by atoms with E-state index in [1.807, 2.05) is 6.92 Å². The maximum absolute atomic E-state index is 12.5. The van der Waals surface area contributed by atoms with Gasteiger partial charge < -0.3 is 4.90 Å². The summed E-state index contributed by atoms with van der Waals surface area (Å²) >= 11 is 0. The lowest BCUT2D eigenvalue weighted by atomic mass is 10.1. The van der Waals surface area contributed by atoms with Crippen LogP contribution in [-0.4, -0.2) is 69.0 Å². The van der Waals surface area contributed by atoms with Crippen molar-refractivity contribution in [3.63, 3.8) is 0 Å². The quantitative estimate of drug-likeness (QED) is 0.775. The van der Waals surface area contributed by atoms with E-state index in [1.54, 1.807) is 0 Å². The number of hydrogen-bond acceptors (Lipinski definition) is 4. The summed E-state index contributed by atoms with van der Waals surface area (Å²) in [6.07, 6.45) is -2.94. The van der Waals surface area contributed by atoms with E-state index in [4.69, 9.17) is 0 Å². The molecule has 1 aromatic rings. The summed E-state index contributed by atoms with van der Waals surface area (Å²) in [4.78, 5) is 26.8. The van der Waals surface area contributed by atoms with E-state index in [9.17, 15) is 22.8 Å². The summed E-state index contributed by atoms with van der Waals surface area (Å²) in [5.41, 5.74) is -0.403. The second-order valence-corrected chi connectivity index (χ2v) is 5.98. The molecule has 2 heterocycles. The number of alkyl halides is 3. The molecule has 130 valence electrons. The summed E-state index contributed by atoms with van der Waals surface area (Å²) in [6, 6.07) is 0. The molecule has 0 spiro atoms. The van der Waals surface area contributed by atoms with Crippen LogP contribution in [0.3, 0.4) is 0 Å². The minimum absolute atomic E-state index is 0.0794. The predicted octanol–water partition coefficient (Wildman–Crippen LogP) is -0.0756. The number of aryl methyl sites for hydroxylation is 1. The highest BCUT2D eigenvalue weighted by Crippen LogP contribution is 2.19. The molecule has 1 aliphatic rings. The average Bonchev–Trinajstić information content (AvgIpc) is 2.63. The van der Waals surface area contributed by atoms with Gasteiger partial charge >= 0.3 is 11.9 Å². The van der Waals surface area contributed by atoms with Gasteiger partial charge in [0.05, 0.1) is 6.54 Å². The van der Waals surface area contributed by atoms with Gasteiger partial charge in [0.1, 0.15) is 12.9 Å². The molecule has 23 heavy (non-hydrogen) atoms. The van der Waals surface area contributed by atoms with Gasteiger partial charge in [-0.1, -0.05) is 6.92 Å². The molecule has 7 nitrogen and oxygen atoms in total. The van der Waals surface area contributed by atoms with E-state index in [1.165, 1.54) is 27.7 Å². The van der Waals surface area contributed by atoms with Crippen LogP contribution in [0.15, 0.2) is 11.1 Å². The van der Waals surface area contributed by atoms with Gasteiger partial charge in [0, 0.05) is 33.2 Å². The van der Waals surface area contributed by atoms with E-state index < -0.39 is 18.4 Å². The first-order valence-electron chi connectivity index (χ1n) is 7.31. The molecule has 10 heteroatoms. The summed E-state index contributed by atoms with van der Waals surface area (Å²) in [6.45, 7) is 1.65. The van der Waals surface area contributed by atoms with Crippen LogP contribution < -0.4 is 5.69 Å². The lowest BCUT2D eigenvalue weighted by Gasteiger charge is -2.22. The van der Waals surface area contributed by atoms with Crippen LogP contribution in [-0.2, 0) is 18.4 Å². The Morgan fingerprint density at radius 1 is 1.35 bits per heavy atom. The Labute approximate surface area is 131 Å². The van der Waals surface area contributed by atoms with Crippen molar-refractivity contribution in [3.8, 4) is 0 Å². The lowest BCUT2D eigenvalue weighted by Crippen LogP contribution is -2.40. The fourth-order valence-corrected chi connectivity index (χ4v) is 2.70. The van der Waals surface area contributed by atoms with E-state index >= 15 is 0 Å². The number of carbonyl (C=O) groups is 1. The minimum Gasteiger partial charge on any atom is -0.339 e. The molecular formula is C13H20F3N5O2. The van der Waals surface area contributed by atoms with Crippen molar-refractivity contribution < 1.29 is 18.0 Å².